The molecule has 0 saturated carbocycles. The summed E-state index contributed by atoms with van der Waals surface area (Å²) >= 11 is 3.42. The van der Waals surface area contributed by atoms with Crippen molar-refractivity contribution >= 4 is 43.8 Å². The van der Waals surface area contributed by atoms with Gasteiger partial charge in [0.25, 0.3) is 0 Å². The van der Waals surface area contributed by atoms with Gasteiger partial charge in [-0.3, -0.25) is 0 Å². The van der Waals surface area contributed by atoms with Crippen LogP contribution in [0.15, 0.2) is 29.4 Å². The van der Waals surface area contributed by atoms with E-state index in [1.54, 1.807) is 29.0 Å². The first-order valence-corrected chi connectivity index (χ1v) is 8.68. The molecule has 1 fully saturated rings. The predicted molar refractivity (Wildman–Crippen MR) is 88.6 cm³/mol. The van der Waals surface area contributed by atoms with Crippen LogP contribution in [0.25, 0.3) is 10.2 Å². The normalized spacial score (nSPS) is 19.4. The molecule has 0 N–H and O–H groups in total. The molecule has 7 heteroatoms. The molecule has 1 aliphatic rings. The highest BCUT2D eigenvalue weighted by atomic mass is 32.1. The summed E-state index contributed by atoms with van der Waals surface area (Å²) < 4.78 is 1.19. The maximum Gasteiger partial charge on any atom is 0.185 e. The molecular weight excluding hydrogens is 302 g/mol. The Bertz CT molecular complexity index is 739. The Morgan fingerprint density at radius 2 is 2.10 bits per heavy atom. The van der Waals surface area contributed by atoms with Crippen molar-refractivity contribution < 1.29 is 0 Å². The quantitative estimate of drug-likeness (QED) is 0.727. The molecule has 108 valence electrons. The second-order valence-electron chi connectivity index (χ2n) is 5.14. The fourth-order valence-corrected chi connectivity index (χ4v) is 4.43. The molecule has 21 heavy (non-hydrogen) atoms. The van der Waals surface area contributed by atoms with Crippen LogP contribution >= 0.6 is 22.7 Å². The van der Waals surface area contributed by atoms with Gasteiger partial charge in [-0.25, -0.2) is 15.0 Å². The monoisotopic (exact) mass is 317 g/mol. The zero-order valence-electron chi connectivity index (χ0n) is 11.6. The molecule has 3 aromatic rings. The fraction of sp³-hybridized carbons (Fsp3) is 0.357. The van der Waals surface area contributed by atoms with Gasteiger partial charge in [-0.2, -0.15) is 0 Å². The number of thiazole rings is 1. The number of rotatable bonds is 2. The summed E-state index contributed by atoms with van der Waals surface area (Å²) in [4.78, 5) is 18.0. The second kappa shape index (κ2) is 5.23. The molecule has 0 amide bonds. The molecule has 0 aromatic carbocycles. The minimum Gasteiger partial charge on any atom is -0.351 e. The maximum atomic E-state index is 4.52. The lowest BCUT2D eigenvalue weighted by molar-refractivity contribution is 0.547. The van der Waals surface area contributed by atoms with Gasteiger partial charge in [-0.05, 0) is 18.4 Å². The third-order valence-corrected chi connectivity index (χ3v) is 5.52. The van der Waals surface area contributed by atoms with Crippen LogP contribution in [0.4, 0.5) is 10.9 Å². The Morgan fingerprint density at radius 3 is 2.90 bits per heavy atom. The van der Waals surface area contributed by atoms with Crippen LogP contribution in [0.5, 0.6) is 0 Å². The van der Waals surface area contributed by atoms with Crippen molar-refractivity contribution in [3.05, 3.63) is 29.4 Å². The zero-order valence-corrected chi connectivity index (χ0v) is 13.3. The average Bonchev–Trinajstić information content (AvgIpc) is 3.17. The van der Waals surface area contributed by atoms with E-state index in [2.05, 4.69) is 43.1 Å². The van der Waals surface area contributed by atoms with Crippen molar-refractivity contribution in [3.8, 4) is 0 Å². The van der Waals surface area contributed by atoms with Crippen LogP contribution in [-0.4, -0.2) is 40.6 Å². The van der Waals surface area contributed by atoms with Crippen LogP contribution in [0.2, 0.25) is 0 Å². The molecule has 3 aromatic heterocycles. The topological polar surface area (TPSA) is 45.2 Å². The Kier molecular flexibility index (Phi) is 3.23. The van der Waals surface area contributed by atoms with Gasteiger partial charge >= 0.3 is 0 Å². The largest absolute Gasteiger partial charge is 0.351 e. The summed E-state index contributed by atoms with van der Waals surface area (Å²) in [5, 5.41) is 5.23. The Morgan fingerprint density at radius 1 is 1.14 bits per heavy atom. The van der Waals surface area contributed by atoms with Crippen molar-refractivity contribution in [1.82, 2.24) is 15.0 Å². The van der Waals surface area contributed by atoms with Crippen LogP contribution in [0, 0.1) is 0 Å². The number of thiophene rings is 1. The van der Waals surface area contributed by atoms with E-state index in [9.17, 15) is 0 Å². The number of anilines is 2. The highest BCUT2D eigenvalue weighted by Gasteiger charge is 2.27. The first-order valence-electron chi connectivity index (χ1n) is 6.92. The summed E-state index contributed by atoms with van der Waals surface area (Å²) in [5.74, 6) is 1.07. The average molecular weight is 317 g/mol. The van der Waals surface area contributed by atoms with Crippen molar-refractivity contribution in [2.75, 3.05) is 29.4 Å². The Balaban J connectivity index is 1.60. The Hall–Kier alpha value is -1.73. The molecule has 0 bridgehead atoms. The molecular formula is C14H15N5S2. The summed E-state index contributed by atoms with van der Waals surface area (Å²) in [6.07, 6.45) is 3.54. The summed E-state index contributed by atoms with van der Waals surface area (Å²) in [6.45, 7) is 5.16. The molecule has 1 saturated heterocycles. The lowest BCUT2D eigenvalue weighted by Crippen LogP contribution is -2.52. The van der Waals surface area contributed by atoms with Crippen LogP contribution < -0.4 is 9.80 Å². The number of piperazine rings is 1. The minimum absolute atomic E-state index is 0.426. The number of hydrogen-bond donors (Lipinski definition) is 0. The van der Waals surface area contributed by atoms with Gasteiger partial charge < -0.3 is 9.80 Å². The summed E-state index contributed by atoms with van der Waals surface area (Å²) in [7, 11) is 0. The van der Waals surface area contributed by atoms with Crippen molar-refractivity contribution in [3.63, 3.8) is 0 Å². The second-order valence-corrected chi connectivity index (χ2v) is 6.92. The molecule has 5 nitrogen and oxygen atoms in total. The van der Waals surface area contributed by atoms with Crippen molar-refractivity contribution in [1.29, 1.82) is 0 Å². The molecule has 0 unspecified atom stereocenters. The van der Waals surface area contributed by atoms with E-state index < -0.39 is 0 Å². The highest BCUT2D eigenvalue weighted by molar-refractivity contribution is 7.17. The minimum atomic E-state index is 0.426. The standard InChI is InChI=1S/C14H15N5S2/c1-10-8-18(4-5-19(10)14-15-3-7-21-14)13-12-11(2-6-20-12)16-9-17-13/h2-3,6-7,9-10H,4-5,8H2,1H3/t10-/m1/s1. The van der Waals surface area contributed by atoms with E-state index in [1.807, 2.05) is 11.6 Å². The third kappa shape index (κ3) is 2.26. The molecule has 0 radical (unpaired) electrons. The van der Waals surface area contributed by atoms with Gasteiger partial charge in [-0.15, -0.1) is 22.7 Å². The van der Waals surface area contributed by atoms with Gasteiger partial charge in [0.2, 0.25) is 0 Å². The fourth-order valence-electron chi connectivity index (χ4n) is 2.79. The molecule has 4 heterocycles. The SMILES string of the molecule is C[C@@H]1CN(c2ncnc3ccsc23)CCN1c1nccs1. The smallest absolute Gasteiger partial charge is 0.185 e. The van der Waals surface area contributed by atoms with Crippen LogP contribution in [-0.2, 0) is 0 Å². The van der Waals surface area contributed by atoms with E-state index in [0.717, 1.165) is 36.1 Å². The van der Waals surface area contributed by atoms with Crippen LogP contribution in [0.1, 0.15) is 6.92 Å². The molecule has 4 rings (SSSR count). The summed E-state index contributed by atoms with van der Waals surface area (Å²) in [5.41, 5.74) is 1.04. The van der Waals surface area contributed by atoms with E-state index in [1.165, 1.54) is 4.70 Å². The van der Waals surface area contributed by atoms with Crippen LogP contribution in [0.3, 0.4) is 0 Å². The molecule has 1 aliphatic heterocycles. The van der Waals surface area contributed by atoms with E-state index in [4.69, 9.17) is 0 Å². The molecule has 0 spiro atoms. The lowest BCUT2D eigenvalue weighted by Gasteiger charge is -2.40. The number of hydrogen-bond acceptors (Lipinski definition) is 7. The molecule has 0 aliphatic carbocycles. The van der Waals surface area contributed by atoms with Gasteiger partial charge in [0.1, 0.15) is 12.1 Å². The van der Waals surface area contributed by atoms with Crippen molar-refractivity contribution in [2.45, 2.75) is 13.0 Å². The Labute approximate surface area is 130 Å². The van der Waals surface area contributed by atoms with Gasteiger partial charge in [0.05, 0.1) is 10.2 Å². The first-order chi connectivity index (χ1) is 10.3. The van der Waals surface area contributed by atoms with Gasteiger partial charge in [0, 0.05) is 37.3 Å². The highest BCUT2D eigenvalue weighted by Crippen LogP contribution is 2.30. The van der Waals surface area contributed by atoms with Crippen molar-refractivity contribution in [2.24, 2.45) is 0 Å². The molecule has 1 atom stereocenters. The summed E-state index contributed by atoms with van der Waals surface area (Å²) in [6, 6.07) is 2.48. The number of aromatic nitrogens is 3. The number of nitrogens with zero attached hydrogens (tertiary/aromatic N) is 5. The van der Waals surface area contributed by atoms with E-state index in [0.29, 0.717) is 6.04 Å². The van der Waals surface area contributed by atoms with Gasteiger partial charge in [-0.1, -0.05) is 0 Å². The predicted octanol–water partition coefficient (Wildman–Crippen LogP) is 2.86. The van der Waals surface area contributed by atoms with E-state index in [-0.39, 0.29) is 0 Å². The third-order valence-electron chi connectivity index (χ3n) is 3.82. The van der Waals surface area contributed by atoms with E-state index >= 15 is 0 Å². The first kappa shape index (κ1) is 13.0. The van der Waals surface area contributed by atoms with Gasteiger partial charge in [0.15, 0.2) is 5.13 Å². The maximum absolute atomic E-state index is 4.52. The number of fused-ring (bicyclic) bond motifs is 1. The lowest BCUT2D eigenvalue weighted by atomic mass is 10.2. The zero-order chi connectivity index (χ0) is 14.2.